The molecule has 1 fully saturated rings. The van der Waals surface area contributed by atoms with Gasteiger partial charge < -0.3 is 0 Å². The molecule has 1 saturated heterocycles. The van der Waals surface area contributed by atoms with E-state index in [4.69, 9.17) is 9.31 Å². The van der Waals surface area contributed by atoms with Crippen molar-refractivity contribution in [3.8, 4) is 0 Å². The molecule has 0 N–H and O–H groups in total. The van der Waals surface area contributed by atoms with Gasteiger partial charge in [0, 0.05) is 0 Å². The maximum absolute atomic E-state index is 13.2. The number of hydrogen-bond acceptors (Lipinski definition) is 4. The van der Waals surface area contributed by atoms with Crippen LogP contribution >= 0.6 is 0 Å². The van der Waals surface area contributed by atoms with Crippen LogP contribution in [0.4, 0.5) is 0 Å². The van der Waals surface area contributed by atoms with Crippen molar-refractivity contribution in [1.82, 2.24) is 4.90 Å². The van der Waals surface area contributed by atoms with Gasteiger partial charge in [-0.3, -0.25) is 0 Å². The average molecular weight is 813 g/mol. The van der Waals surface area contributed by atoms with Gasteiger partial charge in [-0.15, -0.1) is 0 Å². The molecule has 0 radical (unpaired) electrons. The predicted octanol–water partition coefficient (Wildman–Crippen LogP) is 13.1. The Morgan fingerprint density at radius 3 is 1.41 bits per heavy atom. The Balaban J connectivity index is 1.87. The summed E-state index contributed by atoms with van der Waals surface area (Å²) in [6, 6.07) is 7.28. The number of hydrogen-bond donors (Lipinski definition) is 0. The van der Waals surface area contributed by atoms with Gasteiger partial charge in [-0.2, -0.15) is 0 Å². The molecule has 2 aliphatic heterocycles. The van der Waals surface area contributed by atoms with Crippen molar-refractivity contribution in [3.63, 3.8) is 0 Å². The summed E-state index contributed by atoms with van der Waals surface area (Å²) in [6.45, 7) is 16.1. The van der Waals surface area contributed by atoms with E-state index in [0.29, 0.717) is 17.7 Å². The first kappa shape index (κ1) is 44.3. The number of allylic oxidation sites excluding steroid dienone is 1. The number of carbonyl (C=O) groups excluding carboxylic acids is 2. The molecule has 7 heteroatoms. The Kier molecular flexibility index (Phi) is 19.9. The number of rotatable bonds is 28. The average Bonchev–Trinajstić information content (AvgIpc) is 3.47. The molecule has 2 amide bonds. The van der Waals surface area contributed by atoms with Crippen LogP contribution < -0.4 is 0 Å². The summed E-state index contributed by atoms with van der Waals surface area (Å²) in [5.41, 5.74) is 0.383. The van der Waals surface area contributed by atoms with Crippen LogP contribution in [0.25, 0.3) is 0 Å². The Hall–Kier alpha value is -1.12. The second-order valence-electron chi connectivity index (χ2n) is 16.9. The molecule has 3 rings (SSSR count). The summed E-state index contributed by atoms with van der Waals surface area (Å²) in [7, 11) is -0.309. The summed E-state index contributed by atoms with van der Waals surface area (Å²) in [6.07, 6.45) is 27.1. The number of fused-ring (bicyclic) bond motifs is 1. The van der Waals surface area contributed by atoms with Crippen LogP contribution in [0.2, 0.25) is 13.3 Å². The summed E-state index contributed by atoms with van der Waals surface area (Å²) < 4.78 is 19.4. The SMILES string of the molecule is CCCCCCC[CH2][Sn]([CH2]CCCCCCC)([CH2]CCCCCCC)/[C](=C\B1OC(C)(C)C(C)(C)O1)CCCCN1C(=O)c2ccccc2C1=O. The molecule has 1 aromatic carbocycles. The van der Waals surface area contributed by atoms with Crippen LogP contribution in [0.5, 0.6) is 0 Å². The Bertz CT molecular complexity index is 1120. The van der Waals surface area contributed by atoms with E-state index in [0.717, 1.165) is 19.3 Å². The molecule has 2 heterocycles. The topological polar surface area (TPSA) is 55.8 Å². The van der Waals surface area contributed by atoms with Gasteiger partial charge in [0.2, 0.25) is 0 Å². The zero-order valence-electron chi connectivity index (χ0n) is 34.2. The van der Waals surface area contributed by atoms with E-state index in [1.165, 1.54) is 134 Å². The van der Waals surface area contributed by atoms with Gasteiger partial charge >= 0.3 is 320 Å². The zero-order chi connectivity index (χ0) is 37.2. The minimum absolute atomic E-state index is 0.133. The van der Waals surface area contributed by atoms with Gasteiger partial charge in [-0.25, -0.2) is 0 Å². The Morgan fingerprint density at radius 1 is 0.608 bits per heavy atom. The molecule has 0 spiro atoms. The predicted molar refractivity (Wildman–Crippen MR) is 220 cm³/mol. The number of imide groups is 1. The van der Waals surface area contributed by atoms with Crippen LogP contribution in [-0.4, -0.2) is 60.0 Å². The van der Waals surface area contributed by atoms with E-state index in [2.05, 4.69) is 54.4 Å². The van der Waals surface area contributed by atoms with Crippen molar-refractivity contribution in [2.45, 2.75) is 208 Å². The number of unbranched alkanes of at least 4 members (excludes halogenated alkanes) is 16. The molecule has 288 valence electrons. The van der Waals surface area contributed by atoms with Crippen molar-refractivity contribution in [2.24, 2.45) is 0 Å². The Morgan fingerprint density at radius 2 is 1.00 bits per heavy atom. The quantitative estimate of drug-likeness (QED) is 0.0480. The first-order chi connectivity index (χ1) is 24.5. The van der Waals surface area contributed by atoms with Gasteiger partial charge in [0.25, 0.3) is 0 Å². The third-order valence-electron chi connectivity index (χ3n) is 12.3. The number of benzene rings is 1. The fraction of sp³-hybridized carbons (Fsp3) is 0.773. The summed E-state index contributed by atoms with van der Waals surface area (Å²) in [5.74, 6) is 2.22. The van der Waals surface area contributed by atoms with E-state index in [1.807, 2.05) is 12.1 Å². The van der Waals surface area contributed by atoms with E-state index < -0.39 is 18.4 Å². The third kappa shape index (κ3) is 13.6. The fourth-order valence-corrected chi connectivity index (χ4v) is 24.5. The van der Waals surface area contributed by atoms with Gasteiger partial charge in [0.1, 0.15) is 0 Å². The van der Waals surface area contributed by atoms with Crippen LogP contribution in [-0.2, 0) is 9.31 Å². The zero-order valence-corrected chi connectivity index (χ0v) is 37.1. The fourth-order valence-electron chi connectivity index (χ4n) is 8.26. The van der Waals surface area contributed by atoms with Crippen molar-refractivity contribution in [1.29, 1.82) is 0 Å². The van der Waals surface area contributed by atoms with Crippen LogP contribution in [0, 0.1) is 0 Å². The molecule has 2 aliphatic rings. The molecule has 5 nitrogen and oxygen atoms in total. The molecule has 0 saturated carbocycles. The molecule has 1 aromatic rings. The molecule has 51 heavy (non-hydrogen) atoms. The van der Waals surface area contributed by atoms with Crippen molar-refractivity contribution in [3.05, 3.63) is 45.0 Å². The monoisotopic (exact) mass is 813 g/mol. The summed E-state index contributed by atoms with van der Waals surface area (Å²) in [5, 5.41) is 0. The second-order valence-corrected chi connectivity index (χ2v) is 30.3. The second kappa shape index (κ2) is 23.0. The standard InChI is InChI=1S/C20H25BNO4.3C8H17.Sn/c1-19(2)20(3,4)26-21(25-19)13-9-5-6-10-14-22-17(23)15-11-7-8-12-16(15)18(22)24;3*1-3-5-7-8-6-4-2;/h7-8,11-13H,5-6,10,14H2,1-4H3;3*1,3-8H2,2H3;. The van der Waals surface area contributed by atoms with Gasteiger partial charge in [-0.1, -0.05) is 0 Å². The van der Waals surface area contributed by atoms with Crippen molar-refractivity contribution >= 4 is 37.3 Å². The van der Waals surface area contributed by atoms with Crippen molar-refractivity contribution < 1.29 is 18.9 Å². The number of nitrogens with zero attached hydrogens (tertiary/aromatic N) is 1. The number of carbonyl (C=O) groups is 2. The van der Waals surface area contributed by atoms with Gasteiger partial charge in [0.05, 0.1) is 0 Å². The molecular weight excluding hydrogens is 736 g/mol. The first-order valence-corrected chi connectivity index (χ1v) is 29.0. The normalized spacial score (nSPS) is 17.2. The Labute approximate surface area is 318 Å². The minimum atomic E-state index is -2.93. The molecular formula is C44H76BNO4Sn. The van der Waals surface area contributed by atoms with E-state index in [1.54, 1.807) is 15.7 Å². The maximum atomic E-state index is 13.2. The molecule has 0 unspecified atom stereocenters. The summed E-state index contributed by atoms with van der Waals surface area (Å²) >= 11 is -2.93. The van der Waals surface area contributed by atoms with Crippen LogP contribution in [0.1, 0.15) is 204 Å². The molecule has 0 aliphatic carbocycles. The van der Waals surface area contributed by atoms with Crippen LogP contribution in [0.3, 0.4) is 0 Å². The first-order valence-electron chi connectivity index (χ1n) is 21.5. The van der Waals surface area contributed by atoms with E-state index >= 15 is 0 Å². The van der Waals surface area contributed by atoms with E-state index in [9.17, 15) is 9.59 Å². The van der Waals surface area contributed by atoms with Gasteiger partial charge in [-0.05, 0) is 0 Å². The third-order valence-corrected chi connectivity index (χ3v) is 28.6. The molecule has 0 bridgehead atoms. The van der Waals surface area contributed by atoms with Crippen LogP contribution in [0.15, 0.2) is 33.8 Å². The molecule has 0 aromatic heterocycles. The van der Waals surface area contributed by atoms with Crippen molar-refractivity contribution in [2.75, 3.05) is 6.54 Å². The van der Waals surface area contributed by atoms with Gasteiger partial charge in [0.15, 0.2) is 0 Å². The summed E-state index contributed by atoms with van der Waals surface area (Å²) in [4.78, 5) is 27.8. The van der Waals surface area contributed by atoms with E-state index in [-0.39, 0.29) is 30.1 Å². The number of amides is 2. The molecule has 0 atom stereocenters.